The number of likely N-dealkylation sites (tertiary alicyclic amines) is 1. The Hall–Kier alpha value is -1.24. The summed E-state index contributed by atoms with van der Waals surface area (Å²) in [7, 11) is 0. The molecule has 0 unspecified atom stereocenters. The Bertz CT molecular complexity index is 707. The van der Waals surface area contributed by atoms with Crippen LogP contribution in [0.4, 0.5) is 0 Å². The first-order chi connectivity index (χ1) is 12.8. The molecule has 2 fully saturated rings. The molecule has 1 saturated heterocycles. The molecule has 5 nitrogen and oxygen atoms in total. The molecule has 1 saturated carbocycles. The Morgan fingerprint density at radius 1 is 1.04 bits per heavy atom. The summed E-state index contributed by atoms with van der Waals surface area (Å²) in [6.45, 7) is 2.79. The van der Waals surface area contributed by atoms with Gasteiger partial charge in [-0.3, -0.25) is 4.90 Å². The van der Waals surface area contributed by atoms with Gasteiger partial charge in [-0.2, -0.15) is 0 Å². The average Bonchev–Trinajstić information content (AvgIpc) is 3.13. The van der Waals surface area contributed by atoms with Gasteiger partial charge in [0.2, 0.25) is 11.8 Å². The summed E-state index contributed by atoms with van der Waals surface area (Å²) in [5, 5.41) is 8.42. The molecule has 6 heteroatoms. The molecule has 2 aliphatic rings. The molecular weight excluding hydrogens is 394 g/mol. The third-order valence-electron chi connectivity index (χ3n) is 5.37. The van der Waals surface area contributed by atoms with Crippen LogP contribution in [0.2, 0.25) is 0 Å². The Morgan fingerprint density at radius 2 is 1.81 bits per heavy atom. The summed E-state index contributed by atoms with van der Waals surface area (Å²) in [6, 6.07) is 7.93. The summed E-state index contributed by atoms with van der Waals surface area (Å²) in [6.07, 6.45) is 9.68. The van der Waals surface area contributed by atoms with Crippen LogP contribution in [0.5, 0.6) is 0 Å². The van der Waals surface area contributed by atoms with E-state index in [4.69, 9.17) is 9.15 Å². The number of hydrogen-bond acceptors (Lipinski definition) is 5. The third-order valence-corrected chi connectivity index (χ3v) is 5.86. The molecule has 0 radical (unpaired) electrons. The topological polar surface area (TPSA) is 51.4 Å². The molecule has 4 rings (SSSR count). The van der Waals surface area contributed by atoms with E-state index in [9.17, 15) is 0 Å². The van der Waals surface area contributed by atoms with Crippen LogP contribution in [-0.2, 0) is 11.3 Å². The van der Waals surface area contributed by atoms with E-state index in [1.54, 1.807) is 0 Å². The molecule has 2 heterocycles. The van der Waals surface area contributed by atoms with Gasteiger partial charge in [0.05, 0.1) is 18.8 Å². The average molecular weight is 420 g/mol. The van der Waals surface area contributed by atoms with Crippen LogP contribution in [0.15, 0.2) is 33.2 Å². The molecular formula is C20H26BrN3O2. The van der Waals surface area contributed by atoms with Crippen molar-refractivity contribution in [2.45, 2.75) is 63.7 Å². The van der Waals surface area contributed by atoms with E-state index in [-0.39, 0.29) is 0 Å². The Kier molecular flexibility index (Phi) is 6.02. The van der Waals surface area contributed by atoms with Gasteiger partial charge in [0.1, 0.15) is 0 Å². The highest BCUT2D eigenvalue weighted by atomic mass is 79.9. The Morgan fingerprint density at radius 3 is 2.58 bits per heavy atom. The fraction of sp³-hybridized carbons (Fsp3) is 0.600. The van der Waals surface area contributed by atoms with Crippen molar-refractivity contribution in [3.63, 3.8) is 0 Å². The largest absolute Gasteiger partial charge is 0.419 e. The van der Waals surface area contributed by atoms with Crippen LogP contribution in [0.3, 0.4) is 0 Å². The molecule has 0 bridgehead atoms. The monoisotopic (exact) mass is 419 g/mol. The number of piperidine rings is 1. The van der Waals surface area contributed by atoms with Crippen LogP contribution >= 0.6 is 15.9 Å². The lowest BCUT2D eigenvalue weighted by Gasteiger charge is -2.34. The first kappa shape index (κ1) is 18.1. The van der Waals surface area contributed by atoms with Crippen molar-refractivity contribution in [2.75, 3.05) is 13.1 Å². The second-order valence-electron chi connectivity index (χ2n) is 7.38. The van der Waals surface area contributed by atoms with Crippen LogP contribution in [0, 0.1) is 0 Å². The molecule has 26 heavy (non-hydrogen) atoms. The maximum Gasteiger partial charge on any atom is 0.247 e. The highest BCUT2D eigenvalue weighted by Crippen LogP contribution is 2.26. The van der Waals surface area contributed by atoms with Gasteiger partial charge in [-0.05, 0) is 43.9 Å². The van der Waals surface area contributed by atoms with E-state index >= 15 is 0 Å². The molecule has 2 aromatic rings. The van der Waals surface area contributed by atoms with Crippen molar-refractivity contribution in [2.24, 2.45) is 0 Å². The van der Waals surface area contributed by atoms with Gasteiger partial charge in [0.25, 0.3) is 0 Å². The minimum Gasteiger partial charge on any atom is -0.419 e. The normalized spacial score (nSPS) is 20.5. The van der Waals surface area contributed by atoms with Crippen molar-refractivity contribution >= 4 is 15.9 Å². The third kappa shape index (κ3) is 4.72. The predicted molar refractivity (Wildman–Crippen MR) is 104 cm³/mol. The van der Waals surface area contributed by atoms with Crippen molar-refractivity contribution in [3.8, 4) is 11.5 Å². The standard InChI is InChI=1S/C20H26BrN3O2/c21-16-6-4-5-15(13-16)20-23-22-19(26-20)14-24-11-9-18(10-12-24)25-17-7-2-1-3-8-17/h4-6,13,17-18H,1-3,7-12,14H2. The number of nitrogens with zero attached hydrogens (tertiary/aromatic N) is 3. The maximum atomic E-state index is 6.32. The van der Waals surface area contributed by atoms with Crippen molar-refractivity contribution in [3.05, 3.63) is 34.6 Å². The second-order valence-corrected chi connectivity index (χ2v) is 8.30. The molecule has 0 N–H and O–H groups in total. The van der Waals surface area contributed by atoms with Gasteiger partial charge >= 0.3 is 0 Å². The zero-order valence-electron chi connectivity index (χ0n) is 15.1. The number of hydrogen-bond donors (Lipinski definition) is 0. The molecule has 1 aromatic heterocycles. The zero-order chi connectivity index (χ0) is 17.8. The van der Waals surface area contributed by atoms with E-state index in [0.29, 0.717) is 24.0 Å². The summed E-state index contributed by atoms with van der Waals surface area (Å²) < 4.78 is 13.2. The fourth-order valence-electron chi connectivity index (χ4n) is 3.92. The smallest absolute Gasteiger partial charge is 0.247 e. The molecule has 1 aromatic carbocycles. The predicted octanol–water partition coefficient (Wildman–Crippen LogP) is 4.81. The van der Waals surface area contributed by atoms with Crippen molar-refractivity contribution in [1.29, 1.82) is 0 Å². The summed E-state index contributed by atoms with van der Waals surface area (Å²) in [5.74, 6) is 1.27. The first-order valence-corrected chi connectivity index (χ1v) is 10.5. The number of rotatable bonds is 5. The van der Waals surface area contributed by atoms with E-state index in [0.717, 1.165) is 42.5 Å². The Labute approximate surface area is 163 Å². The minimum atomic E-state index is 0.425. The fourth-order valence-corrected chi connectivity index (χ4v) is 4.32. The van der Waals surface area contributed by atoms with Gasteiger partial charge < -0.3 is 9.15 Å². The molecule has 0 amide bonds. The lowest BCUT2D eigenvalue weighted by Crippen LogP contribution is -2.38. The Balaban J connectivity index is 1.27. The lowest BCUT2D eigenvalue weighted by atomic mass is 9.97. The molecule has 140 valence electrons. The first-order valence-electron chi connectivity index (χ1n) is 9.72. The molecule has 1 aliphatic carbocycles. The van der Waals surface area contributed by atoms with Crippen molar-refractivity contribution in [1.82, 2.24) is 15.1 Å². The van der Waals surface area contributed by atoms with Crippen molar-refractivity contribution < 1.29 is 9.15 Å². The quantitative estimate of drug-likeness (QED) is 0.695. The molecule has 0 spiro atoms. The highest BCUT2D eigenvalue weighted by Gasteiger charge is 2.25. The summed E-state index contributed by atoms with van der Waals surface area (Å²) in [4.78, 5) is 2.39. The van der Waals surface area contributed by atoms with Gasteiger partial charge in [-0.1, -0.05) is 41.3 Å². The van der Waals surface area contributed by atoms with Gasteiger partial charge in [0.15, 0.2) is 0 Å². The number of ether oxygens (including phenoxy) is 1. The van der Waals surface area contributed by atoms with E-state index < -0.39 is 0 Å². The van der Waals surface area contributed by atoms with E-state index in [2.05, 4.69) is 31.0 Å². The molecule has 0 atom stereocenters. The summed E-state index contributed by atoms with van der Waals surface area (Å²) in [5.41, 5.74) is 0.942. The van der Waals surface area contributed by atoms with Crippen LogP contribution < -0.4 is 0 Å². The SMILES string of the molecule is Brc1cccc(-c2nnc(CN3CCC(OC4CCCCC4)CC3)o2)c1. The number of halogens is 1. The van der Waals surface area contributed by atoms with Gasteiger partial charge in [-0.25, -0.2) is 0 Å². The zero-order valence-corrected chi connectivity index (χ0v) is 16.7. The van der Waals surface area contributed by atoms with E-state index in [1.165, 1.54) is 32.1 Å². The second kappa shape index (κ2) is 8.63. The van der Waals surface area contributed by atoms with Crippen LogP contribution in [0.25, 0.3) is 11.5 Å². The number of aromatic nitrogens is 2. The minimum absolute atomic E-state index is 0.425. The van der Waals surface area contributed by atoms with Gasteiger partial charge in [-0.15, -0.1) is 10.2 Å². The van der Waals surface area contributed by atoms with Crippen LogP contribution in [-0.4, -0.2) is 40.4 Å². The number of benzene rings is 1. The van der Waals surface area contributed by atoms with Gasteiger partial charge in [0, 0.05) is 23.1 Å². The van der Waals surface area contributed by atoms with E-state index in [1.807, 2.05) is 24.3 Å². The molecule has 1 aliphatic heterocycles. The summed E-state index contributed by atoms with van der Waals surface area (Å²) >= 11 is 3.48. The maximum absolute atomic E-state index is 6.32. The highest BCUT2D eigenvalue weighted by molar-refractivity contribution is 9.10. The van der Waals surface area contributed by atoms with Crippen LogP contribution in [0.1, 0.15) is 50.8 Å². The lowest BCUT2D eigenvalue weighted by molar-refractivity contribution is -0.0572.